The average Bonchev–Trinajstić information content (AvgIpc) is 3.01. The molecule has 100 valence electrons. The van der Waals surface area contributed by atoms with E-state index in [1.54, 1.807) is 6.07 Å². The highest BCUT2D eigenvalue weighted by Crippen LogP contribution is 2.33. The van der Waals surface area contributed by atoms with E-state index >= 15 is 0 Å². The highest BCUT2D eigenvalue weighted by atomic mass is 19.1. The molecule has 4 heteroatoms. The van der Waals surface area contributed by atoms with Crippen LogP contribution in [0.25, 0.3) is 0 Å². The van der Waals surface area contributed by atoms with Crippen LogP contribution in [0.4, 0.5) is 4.39 Å². The molecule has 1 atom stereocenters. The highest BCUT2D eigenvalue weighted by Gasteiger charge is 2.27. The number of rotatable bonds is 3. The standard InChI is InChI=1S/C15H18FN3/c1-18-10-13(9-17-18)15-7-4-8-19(15)11-12-5-2-3-6-14(12)16/h2-3,5-6,9-10,15H,4,7-8,11H2,1H3/t15-/m1/s1. The highest BCUT2D eigenvalue weighted by molar-refractivity contribution is 5.19. The molecule has 1 aromatic carbocycles. The normalized spacial score (nSPS) is 20.0. The van der Waals surface area contributed by atoms with Crippen molar-refractivity contribution in [1.29, 1.82) is 0 Å². The molecule has 1 aliphatic heterocycles. The molecule has 2 aromatic rings. The predicted octanol–water partition coefficient (Wildman–Crippen LogP) is 2.90. The molecule has 1 aromatic heterocycles. The third-order valence-electron chi connectivity index (χ3n) is 3.80. The average molecular weight is 259 g/mol. The van der Waals surface area contributed by atoms with Crippen molar-refractivity contribution in [1.82, 2.24) is 14.7 Å². The lowest BCUT2D eigenvalue weighted by molar-refractivity contribution is 0.245. The van der Waals surface area contributed by atoms with Crippen molar-refractivity contribution in [2.45, 2.75) is 25.4 Å². The predicted molar refractivity (Wildman–Crippen MR) is 72.0 cm³/mol. The summed E-state index contributed by atoms with van der Waals surface area (Å²) in [6.07, 6.45) is 6.27. The number of aromatic nitrogens is 2. The first-order valence-electron chi connectivity index (χ1n) is 6.70. The van der Waals surface area contributed by atoms with Gasteiger partial charge in [-0.05, 0) is 25.5 Å². The van der Waals surface area contributed by atoms with Gasteiger partial charge in [0.15, 0.2) is 0 Å². The van der Waals surface area contributed by atoms with Crippen LogP contribution in [0.2, 0.25) is 0 Å². The van der Waals surface area contributed by atoms with Gasteiger partial charge in [-0.2, -0.15) is 5.10 Å². The Morgan fingerprint density at radius 3 is 2.95 bits per heavy atom. The zero-order valence-corrected chi connectivity index (χ0v) is 11.1. The molecule has 3 nitrogen and oxygen atoms in total. The molecule has 0 radical (unpaired) electrons. The van der Waals surface area contributed by atoms with Crippen LogP contribution in [0.5, 0.6) is 0 Å². The summed E-state index contributed by atoms with van der Waals surface area (Å²) in [5, 5.41) is 4.24. The first-order chi connectivity index (χ1) is 9.24. The largest absolute Gasteiger partial charge is 0.292 e. The van der Waals surface area contributed by atoms with E-state index in [0.717, 1.165) is 24.9 Å². The van der Waals surface area contributed by atoms with Crippen molar-refractivity contribution in [3.8, 4) is 0 Å². The number of aryl methyl sites for hydroxylation is 1. The minimum absolute atomic E-state index is 0.112. The minimum Gasteiger partial charge on any atom is -0.292 e. The van der Waals surface area contributed by atoms with Crippen LogP contribution in [0.1, 0.15) is 30.0 Å². The van der Waals surface area contributed by atoms with Crippen molar-refractivity contribution in [3.63, 3.8) is 0 Å². The summed E-state index contributed by atoms with van der Waals surface area (Å²) in [6, 6.07) is 7.40. The first-order valence-corrected chi connectivity index (χ1v) is 6.70. The van der Waals surface area contributed by atoms with E-state index in [-0.39, 0.29) is 5.82 Å². The number of benzene rings is 1. The van der Waals surface area contributed by atoms with Gasteiger partial charge in [0.25, 0.3) is 0 Å². The van der Waals surface area contributed by atoms with Gasteiger partial charge in [-0.1, -0.05) is 18.2 Å². The fourth-order valence-electron chi connectivity index (χ4n) is 2.85. The number of likely N-dealkylation sites (tertiary alicyclic amines) is 1. The summed E-state index contributed by atoms with van der Waals surface area (Å²) < 4.78 is 15.6. The molecule has 0 aliphatic carbocycles. The van der Waals surface area contributed by atoms with E-state index in [1.807, 2.05) is 30.1 Å². The summed E-state index contributed by atoms with van der Waals surface area (Å²) in [6.45, 7) is 1.69. The van der Waals surface area contributed by atoms with Crippen molar-refractivity contribution in [2.24, 2.45) is 7.05 Å². The van der Waals surface area contributed by atoms with E-state index < -0.39 is 0 Å². The maximum Gasteiger partial charge on any atom is 0.127 e. The lowest BCUT2D eigenvalue weighted by Gasteiger charge is -2.23. The number of halogens is 1. The Morgan fingerprint density at radius 2 is 2.21 bits per heavy atom. The number of hydrogen-bond acceptors (Lipinski definition) is 2. The molecule has 0 N–H and O–H groups in total. The van der Waals surface area contributed by atoms with Gasteiger partial charge in [-0.25, -0.2) is 4.39 Å². The lowest BCUT2D eigenvalue weighted by atomic mass is 10.1. The summed E-state index contributed by atoms with van der Waals surface area (Å²) in [4.78, 5) is 2.34. The molecule has 0 saturated carbocycles. The molecule has 19 heavy (non-hydrogen) atoms. The monoisotopic (exact) mass is 259 g/mol. The van der Waals surface area contributed by atoms with Crippen molar-refractivity contribution in [3.05, 3.63) is 53.6 Å². The summed E-state index contributed by atoms with van der Waals surface area (Å²) in [5.74, 6) is -0.112. The molecule has 2 heterocycles. The molecule has 0 unspecified atom stereocenters. The fourth-order valence-corrected chi connectivity index (χ4v) is 2.85. The van der Waals surface area contributed by atoms with Gasteiger partial charge < -0.3 is 0 Å². The maximum atomic E-state index is 13.7. The van der Waals surface area contributed by atoms with Crippen LogP contribution in [0.15, 0.2) is 36.7 Å². The molecule has 1 fully saturated rings. The molecule has 1 aliphatic rings. The second-order valence-corrected chi connectivity index (χ2v) is 5.17. The van der Waals surface area contributed by atoms with Gasteiger partial charge in [-0.3, -0.25) is 9.58 Å². The van der Waals surface area contributed by atoms with Crippen molar-refractivity contribution >= 4 is 0 Å². The Labute approximate surface area is 112 Å². The van der Waals surface area contributed by atoms with E-state index in [9.17, 15) is 4.39 Å². The Morgan fingerprint density at radius 1 is 1.37 bits per heavy atom. The zero-order valence-electron chi connectivity index (χ0n) is 11.1. The van der Waals surface area contributed by atoms with E-state index in [4.69, 9.17) is 0 Å². The van der Waals surface area contributed by atoms with Crippen molar-refractivity contribution in [2.75, 3.05) is 6.54 Å². The van der Waals surface area contributed by atoms with Crippen molar-refractivity contribution < 1.29 is 4.39 Å². The van der Waals surface area contributed by atoms with Gasteiger partial charge in [0.05, 0.1) is 6.20 Å². The first kappa shape index (κ1) is 12.4. The summed E-state index contributed by atoms with van der Waals surface area (Å²) >= 11 is 0. The van der Waals surface area contributed by atoms with Crippen LogP contribution >= 0.6 is 0 Å². The Balaban J connectivity index is 1.79. The molecule has 1 saturated heterocycles. The summed E-state index contributed by atoms with van der Waals surface area (Å²) in [7, 11) is 1.93. The lowest BCUT2D eigenvalue weighted by Crippen LogP contribution is -2.23. The van der Waals surface area contributed by atoms with Gasteiger partial charge in [-0.15, -0.1) is 0 Å². The SMILES string of the molecule is Cn1cc([C@H]2CCCN2Cc2ccccc2F)cn1. The molecular weight excluding hydrogens is 241 g/mol. The van der Waals surface area contributed by atoms with Crippen LogP contribution < -0.4 is 0 Å². The molecule has 0 amide bonds. The molecule has 0 bridgehead atoms. The Kier molecular flexibility index (Phi) is 3.34. The quantitative estimate of drug-likeness (QED) is 0.845. The second-order valence-electron chi connectivity index (χ2n) is 5.17. The maximum absolute atomic E-state index is 13.7. The third kappa shape index (κ3) is 2.54. The second kappa shape index (κ2) is 5.13. The van der Waals surface area contributed by atoms with Gasteiger partial charge in [0.1, 0.15) is 5.82 Å². The zero-order chi connectivity index (χ0) is 13.2. The van der Waals surface area contributed by atoms with Gasteiger partial charge in [0, 0.05) is 37.0 Å². The van der Waals surface area contributed by atoms with E-state index in [1.165, 1.54) is 11.6 Å². The van der Waals surface area contributed by atoms with E-state index in [2.05, 4.69) is 16.2 Å². The number of nitrogens with zero attached hydrogens (tertiary/aromatic N) is 3. The van der Waals surface area contributed by atoms with Gasteiger partial charge in [0.2, 0.25) is 0 Å². The molecule has 3 rings (SSSR count). The summed E-state index contributed by atoms with van der Waals surface area (Å²) in [5.41, 5.74) is 2.01. The van der Waals surface area contributed by atoms with Crippen LogP contribution in [-0.4, -0.2) is 21.2 Å². The fraction of sp³-hybridized carbons (Fsp3) is 0.400. The third-order valence-corrected chi connectivity index (χ3v) is 3.80. The van der Waals surface area contributed by atoms with Gasteiger partial charge >= 0.3 is 0 Å². The number of hydrogen-bond donors (Lipinski definition) is 0. The smallest absolute Gasteiger partial charge is 0.127 e. The van der Waals surface area contributed by atoms with Crippen LogP contribution in [-0.2, 0) is 13.6 Å². The van der Waals surface area contributed by atoms with Crippen LogP contribution in [0.3, 0.4) is 0 Å². The topological polar surface area (TPSA) is 21.1 Å². The minimum atomic E-state index is -0.112. The molecular formula is C15H18FN3. The Bertz CT molecular complexity index is 564. The molecule has 0 spiro atoms. The van der Waals surface area contributed by atoms with Crippen LogP contribution in [0, 0.1) is 5.82 Å². The van der Waals surface area contributed by atoms with E-state index in [0.29, 0.717) is 12.6 Å². The Hall–Kier alpha value is -1.68.